The molecule has 3 rings (SSSR count). The average Bonchev–Trinajstić information content (AvgIpc) is 2.40. The zero-order valence-corrected chi connectivity index (χ0v) is 10.8. The number of fused-ring (bicyclic) bond motifs is 1. The summed E-state index contributed by atoms with van der Waals surface area (Å²) in [7, 11) is 0. The highest BCUT2D eigenvalue weighted by Gasteiger charge is 2.33. The maximum absolute atomic E-state index is 11.5. The maximum atomic E-state index is 11.5. The highest BCUT2D eigenvalue weighted by Crippen LogP contribution is 2.34. The molecule has 0 spiro atoms. The molecule has 1 saturated heterocycles. The molecule has 0 bridgehead atoms. The summed E-state index contributed by atoms with van der Waals surface area (Å²) in [6.07, 6.45) is 4.00. The fourth-order valence-electron chi connectivity index (χ4n) is 3.48. The van der Waals surface area contributed by atoms with Crippen LogP contribution in [-0.2, 0) is 11.3 Å². The van der Waals surface area contributed by atoms with Gasteiger partial charge in [-0.15, -0.1) is 0 Å². The Balaban J connectivity index is 1.59. The molecule has 96 valence electrons. The molecule has 2 aliphatic rings. The van der Waals surface area contributed by atoms with Crippen LogP contribution in [0.3, 0.4) is 0 Å². The molecule has 2 nitrogen and oxygen atoms in total. The van der Waals surface area contributed by atoms with Crippen LogP contribution in [-0.4, -0.2) is 23.8 Å². The number of benzene rings is 1. The summed E-state index contributed by atoms with van der Waals surface area (Å²) in [5.74, 6) is 1.94. The summed E-state index contributed by atoms with van der Waals surface area (Å²) in [6.45, 7) is 3.41. The first-order chi connectivity index (χ1) is 8.81. The summed E-state index contributed by atoms with van der Waals surface area (Å²) < 4.78 is 0. The number of carbonyl (C=O) groups is 1. The molecule has 0 radical (unpaired) electrons. The van der Waals surface area contributed by atoms with Gasteiger partial charge in [0, 0.05) is 25.9 Å². The third kappa shape index (κ3) is 2.64. The van der Waals surface area contributed by atoms with Crippen molar-refractivity contribution in [2.75, 3.05) is 13.1 Å². The molecule has 1 aromatic carbocycles. The summed E-state index contributed by atoms with van der Waals surface area (Å²) in [6, 6.07) is 10.7. The van der Waals surface area contributed by atoms with Crippen LogP contribution in [0.25, 0.3) is 0 Å². The average molecular weight is 243 g/mol. The first-order valence-electron chi connectivity index (χ1n) is 7.09. The lowest BCUT2D eigenvalue weighted by molar-refractivity contribution is -0.123. The summed E-state index contributed by atoms with van der Waals surface area (Å²) in [5, 5.41) is 0. The lowest BCUT2D eigenvalue weighted by Gasteiger charge is -2.40. The van der Waals surface area contributed by atoms with E-state index < -0.39 is 0 Å². The number of Topliss-reactive ketones (excluding diaryl/α,β-unsaturated/α-hetero) is 1. The molecule has 1 aliphatic carbocycles. The Morgan fingerprint density at radius 3 is 2.78 bits per heavy atom. The molecule has 0 amide bonds. The zero-order chi connectivity index (χ0) is 12.4. The molecule has 1 saturated carbocycles. The molecule has 2 fully saturated rings. The third-order valence-electron chi connectivity index (χ3n) is 4.51. The van der Waals surface area contributed by atoms with E-state index in [1.165, 1.54) is 18.5 Å². The molecule has 18 heavy (non-hydrogen) atoms. The molecule has 2 heteroatoms. The van der Waals surface area contributed by atoms with E-state index >= 15 is 0 Å². The van der Waals surface area contributed by atoms with Crippen LogP contribution in [0.5, 0.6) is 0 Å². The Labute approximate surface area is 109 Å². The van der Waals surface area contributed by atoms with Crippen LogP contribution in [0, 0.1) is 11.8 Å². The van der Waals surface area contributed by atoms with E-state index in [1.807, 2.05) is 0 Å². The Kier molecular flexibility index (Phi) is 3.46. The van der Waals surface area contributed by atoms with Crippen LogP contribution >= 0.6 is 0 Å². The minimum Gasteiger partial charge on any atom is -0.300 e. The fourth-order valence-corrected chi connectivity index (χ4v) is 3.48. The predicted octanol–water partition coefficient (Wildman–Crippen LogP) is 2.88. The number of carbonyl (C=O) groups excluding carboxylic acids is 1. The Bertz CT molecular complexity index is 414. The second kappa shape index (κ2) is 5.23. The standard InChI is InChI=1S/C16H21NO/c18-16-7-6-15-12-17(9-8-14(15)10-16)11-13-4-2-1-3-5-13/h1-5,14-15H,6-12H2/t14-,15+/m0/s1. The van der Waals surface area contributed by atoms with Gasteiger partial charge in [0.2, 0.25) is 0 Å². The number of likely N-dealkylation sites (tertiary alicyclic amines) is 1. The van der Waals surface area contributed by atoms with Crippen LogP contribution in [0.1, 0.15) is 31.2 Å². The van der Waals surface area contributed by atoms with Gasteiger partial charge in [-0.25, -0.2) is 0 Å². The van der Waals surface area contributed by atoms with E-state index in [9.17, 15) is 4.79 Å². The van der Waals surface area contributed by atoms with Crippen molar-refractivity contribution >= 4 is 5.78 Å². The van der Waals surface area contributed by atoms with Crippen molar-refractivity contribution in [3.05, 3.63) is 35.9 Å². The van der Waals surface area contributed by atoms with Crippen molar-refractivity contribution in [1.29, 1.82) is 0 Å². The van der Waals surface area contributed by atoms with Gasteiger partial charge in [-0.3, -0.25) is 9.69 Å². The predicted molar refractivity (Wildman–Crippen MR) is 72.2 cm³/mol. The summed E-state index contributed by atoms with van der Waals surface area (Å²) >= 11 is 0. The maximum Gasteiger partial charge on any atom is 0.133 e. The SMILES string of the molecule is O=C1CC[C@@H]2CN(Cc3ccccc3)CC[C@H]2C1. The number of hydrogen-bond donors (Lipinski definition) is 0. The van der Waals surface area contributed by atoms with Crippen LogP contribution in [0.15, 0.2) is 30.3 Å². The van der Waals surface area contributed by atoms with Gasteiger partial charge in [0.1, 0.15) is 5.78 Å². The topological polar surface area (TPSA) is 20.3 Å². The summed E-state index contributed by atoms with van der Waals surface area (Å²) in [4.78, 5) is 14.0. The van der Waals surface area contributed by atoms with E-state index in [1.54, 1.807) is 0 Å². The Morgan fingerprint density at radius 1 is 1.11 bits per heavy atom. The molecule has 1 aromatic rings. The van der Waals surface area contributed by atoms with Gasteiger partial charge in [0.05, 0.1) is 0 Å². The Morgan fingerprint density at radius 2 is 1.94 bits per heavy atom. The van der Waals surface area contributed by atoms with E-state index in [4.69, 9.17) is 0 Å². The fraction of sp³-hybridized carbons (Fsp3) is 0.562. The van der Waals surface area contributed by atoms with Crippen molar-refractivity contribution in [3.63, 3.8) is 0 Å². The van der Waals surface area contributed by atoms with Crippen molar-refractivity contribution in [1.82, 2.24) is 4.90 Å². The summed E-state index contributed by atoms with van der Waals surface area (Å²) in [5.41, 5.74) is 1.41. The molecule has 0 unspecified atom stereocenters. The smallest absolute Gasteiger partial charge is 0.133 e. The number of piperidine rings is 1. The van der Waals surface area contributed by atoms with Crippen LogP contribution in [0.4, 0.5) is 0 Å². The number of nitrogens with zero attached hydrogens (tertiary/aromatic N) is 1. The van der Waals surface area contributed by atoms with Gasteiger partial charge in [-0.05, 0) is 36.8 Å². The normalized spacial score (nSPS) is 29.0. The quantitative estimate of drug-likeness (QED) is 0.796. The third-order valence-corrected chi connectivity index (χ3v) is 4.51. The minimum atomic E-state index is 0.493. The molecule has 0 aromatic heterocycles. The van der Waals surface area contributed by atoms with Crippen molar-refractivity contribution in [2.24, 2.45) is 11.8 Å². The van der Waals surface area contributed by atoms with Crippen molar-refractivity contribution in [2.45, 2.75) is 32.2 Å². The van der Waals surface area contributed by atoms with Crippen LogP contribution in [0.2, 0.25) is 0 Å². The largest absolute Gasteiger partial charge is 0.300 e. The first kappa shape index (κ1) is 11.9. The van der Waals surface area contributed by atoms with E-state index in [-0.39, 0.29) is 0 Å². The second-order valence-electron chi connectivity index (χ2n) is 5.81. The van der Waals surface area contributed by atoms with E-state index in [2.05, 4.69) is 35.2 Å². The van der Waals surface area contributed by atoms with Crippen LogP contribution < -0.4 is 0 Å². The van der Waals surface area contributed by atoms with Gasteiger partial charge in [-0.2, -0.15) is 0 Å². The second-order valence-corrected chi connectivity index (χ2v) is 5.81. The van der Waals surface area contributed by atoms with Gasteiger partial charge in [0.25, 0.3) is 0 Å². The number of hydrogen-bond acceptors (Lipinski definition) is 2. The minimum absolute atomic E-state index is 0.493. The lowest BCUT2D eigenvalue weighted by Crippen LogP contribution is -2.42. The van der Waals surface area contributed by atoms with E-state index in [0.717, 1.165) is 38.3 Å². The Hall–Kier alpha value is -1.15. The van der Waals surface area contributed by atoms with Gasteiger partial charge in [0.15, 0.2) is 0 Å². The van der Waals surface area contributed by atoms with Crippen molar-refractivity contribution < 1.29 is 4.79 Å². The molecule has 2 atom stereocenters. The number of ketones is 1. The molecular weight excluding hydrogens is 222 g/mol. The highest BCUT2D eigenvalue weighted by atomic mass is 16.1. The highest BCUT2D eigenvalue weighted by molar-refractivity contribution is 5.79. The monoisotopic (exact) mass is 243 g/mol. The number of rotatable bonds is 2. The zero-order valence-electron chi connectivity index (χ0n) is 10.8. The van der Waals surface area contributed by atoms with E-state index in [0.29, 0.717) is 11.7 Å². The van der Waals surface area contributed by atoms with Gasteiger partial charge >= 0.3 is 0 Å². The molecule has 0 N–H and O–H groups in total. The molecule has 1 heterocycles. The molecule has 1 aliphatic heterocycles. The molecular formula is C16H21NO. The van der Waals surface area contributed by atoms with Gasteiger partial charge in [-0.1, -0.05) is 30.3 Å². The van der Waals surface area contributed by atoms with Gasteiger partial charge < -0.3 is 0 Å². The van der Waals surface area contributed by atoms with Crippen molar-refractivity contribution in [3.8, 4) is 0 Å². The lowest BCUT2D eigenvalue weighted by atomic mass is 9.74. The first-order valence-corrected chi connectivity index (χ1v) is 7.09.